The maximum atomic E-state index is 4.06. The van der Waals surface area contributed by atoms with Gasteiger partial charge in [-0.25, -0.2) is 0 Å². The van der Waals surface area contributed by atoms with Gasteiger partial charge in [-0.15, -0.1) is 0 Å². The average Bonchev–Trinajstić information content (AvgIpc) is 2.00. The molecule has 0 fully saturated rings. The van der Waals surface area contributed by atoms with Crippen molar-refractivity contribution >= 4 is 13.1 Å². The second-order valence-corrected chi connectivity index (χ2v) is 3.10. The van der Waals surface area contributed by atoms with Crippen molar-refractivity contribution in [1.29, 1.82) is 0 Å². The lowest BCUT2D eigenvalue weighted by atomic mass is 10.0. The molecule has 0 saturated carbocycles. The maximum Gasteiger partial charge on any atom is 0.134 e. The second-order valence-electron chi connectivity index (χ2n) is 3.10. The third-order valence-corrected chi connectivity index (χ3v) is 2.05. The van der Waals surface area contributed by atoms with Crippen LogP contribution in [-0.4, -0.2) is 30.7 Å². The molecule has 0 rings (SSSR count). The van der Waals surface area contributed by atoms with Crippen LogP contribution in [0, 0.1) is 0 Å². The van der Waals surface area contributed by atoms with Gasteiger partial charge in [0.1, 0.15) is 6.34 Å². The molecule has 0 aromatic heterocycles. The first-order chi connectivity index (χ1) is 5.04. The molecule has 0 aliphatic heterocycles. The zero-order valence-corrected chi connectivity index (χ0v) is 7.83. The summed E-state index contributed by atoms with van der Waals surface area (Å²) in [6.45, 7) is 9.71. The number of hydrogen-bond acceptors (Lipinski definition) is 2. The smallest absolute Gasteiger partial charge is 0.134 e. The molecule has 3 nitrogen and oxygen atoms in total. The molecule has 0 saturated heterocycles. The highest BCUT2D eigenvalue weighted by molar-refractivity contribution is 5.61. The van der Waals surface area contributed by atoms with Crippen molar-refractivity contribution in [2.24, 2.45) is 10.1 Å². The van der Waals surface area contributed by atoms with Gasteiger partial charge in [-0.3, -0.25) is 10.0 Å². The third kappa shape index (κ3) is 3.16. The Hall–Kier alpha value is -0.860. The first kappa shape index (κ1) is 10.1. The highest BCUT2D eigenvalue weighted by Crippen LogP contribution is 2.15. The van der Waals surface area contributed by atoms with Crippen LogP contribution in [0.2, 0.25) is 0 Å². The molecule has 0 aromatic carbocycles. The minimum Gasteiger partial charge on any atom is -0.293 e. The average molecular weight is 155 g/mol. The summed E-state index contributed by atoms with van der Waals surface area (Å²) in [5, 5.41) is 5.95. The molecule has 3 heteroatoms. The van der Waals surface area contributed by atoms with Gasteiger partial charge >= 0.3 is 0 Å². The van der Waals surface area contributed by atoms with Crippen LogP contribution in [0.15, 0.2) is 10.1 Å². The molecule has 0 spiro atoms. The molecule has 0 aliphatic carbocycles. The van der Waals surface area contributed by atoms with Crippen LogP contribution in [-0.2, 0) is 0 Å². The van der Waals surface area contributed by atoms with Gasteiger partial charge in [-0.05, 0) is 27.0 Å². The third-order valence-electron chi connectivity index (χ3n) is 2.05. The van der Waals surface area contributed by atoms with E-state index in [0.717, 1.165) is 6.42 Å². The standard InChI is InChI=1S/C8H17N3/c1-6-8(2,3)11(5)10-7-9-4/h7H,4,6H2,1-3,5H3/b10-7-. The van der Waals surface area contributed by atoms with E-state index in [9.17, 15) is 0 Å². The Bertz CT molecular complexity index is 149. The summed E-state index contributed by atoms with van der Waals surface area (Å²) in [5.41, 5.74) is 0.0984. The van der Waals surface area contributed by atoms with E-state index < -0.39 is 0 Å². The molecule has 0 unspecified atom stereocenters. The summed E-state index contributed by atoms with van der Waals surface area (Å²) in [7, 11) is 1.94. The Morgan fingerprint density at radius 3 is 2.45 bits per heavy atom. The van der Waals surface area contributed by atoms with Gasteiger partial charge in [0.15, 0.2) is 0 Å². The van der Waals surface area contributed by atoms with Crippen LogP contribution < -0.4 is 0 Å². The summed E-state index contributed by atoms with van der Waals surface area (Å²) in [4.78, 5) is 3.54. The number of aliphatic imine (C=N–C) groups is 1. The number of hydrogen-bond donors (Lipinski definition) is 0. The quantitative estimate of drug-likeness (QED) is 0.345. The molecule has 0 radical (unpaired) electrons. The van der Waals surface area contributed by atoms with E-state index in [2.05, 4.69) is 37.6 Å². The summed E-state index contributed by atoms with van der Waals surface area (Å²) in [6, 6.07) is 0. The summed E-state index contributed by atoms with van der Waals surface area (Å²) in [6.07, 6.45) is 2.51. The van der Waals surface area contributed by atoms with Crippen molar-refractivity contribution in [1.82, 2.24) is 5.01 Å². The van der Waals surface area contributed by atoms with E-state index >= 15 is 0 Å². The van der Waals surface area contributed by atoms with Crippen LogP contribution in [0.4, 0.5) is 0 Å². The van der Waals surface area contributed by atoms with Crippen LogP contribution in [0.5, 0.6) is 0 Å². The molecule has 0 atom stereocenters. The van der Waals surface area contributed by atoms with Crippen molar-refractivity contribution in [3.63, 3.8) is 0 Å². The minimum atomic E-state index is 0.0984. The lowest BCUT2D eigenvalue weighted by molar-refractivity contribution is 0.158. The number of nitrogens with zero attached hydrogens (tertiary/aromatic N) is 3. The van der Waals surface area contributed by atoms with Crippen LogP contribution in [0.1, 0.15) is 27.2 Å². The fraction of sp³-hybridized carbons (Fsp3) is 0.750. The Morgan fingerprint density at radius 2 is 2.09 bits per heavy atom. The fourth-order valence-corrected chi connectivity index (χ4v) is 0.499. The summed E-state index contributed by atoms with van der Waals surface area (Å²) < 4.78 is 0. The SMILES string of the molecule is C=N/C=N\N(C)C(C)(C)CC. The van der Waals surface area contributed by atoms with Crippen LogP contribution >= 0.6 is 0 Å². The predicted molar refractivity (Wildman–Crippen MR) is 50.2 cm³/mol. The summed E-state index contributed by atoms with van der Waals surface area (Å²) in [5.74, 6) is 0. The lowest BCUT2D eigenvalue weighted by Gasteiger charge is -2.31. The molecule has 0 bridgehead atoms. The van der Waals surface area contributed by atoms with Crippen molar-refractivity contribution < 1.29 is 0 Å². The molecule has 0 aromatic rings. The Kier molecular flexibility index (Phi) is 3.79. The predicted octanol–water partition coefficient (Wildman–Crippen LogP) is 1.75. The van der Waals surface area contributed by atoms with Gasteiger partial charge in [0.25, 0.3) is 0 Å². The van der Waals surface area contributed by atoms with E-state index in [-0.39, 0.29) is 5.54 Å². The van der Waals surface area contributed by atoms with Crippen LogP contribution in [0.25, 0.3) is 0 Å². The van der Waals surface area contributed by atoms with Gasteiger partial charge in [-0.2, -0.15) is 5.10 Å². The van der Waals surface area contributed by atoms with E-state index in [4.69, 9.17) is 0 Å². The number of hydrazone groups is 1. The molecular weight excluding hydrogens is 138 g/mol. The first-order valence-electron chi connectivity index (χ1n) is 3.76. The molecule has 0 N–H and O–H groups in total. The first-order valence-corrected chi connectivity index (χ1v) is 3.76. The van der Waals surface area contributed by atoms with E-state index in [1.807, 2.05) is 12.1 Å². The minimum absolute atomic E-state index is 0.0984. The zero-order valence-electron chi connectivity index (χ0n) is 7.83. The van der Waals surface area contributed by atoms with Crippen molar-refractivity contribution in [2.75, 3.05) is 7.05 Å². The molecular formula is C8H17N3. The lowest BCUT2D eigenvalue weighted by Crippen LogP contribution is -2.36. The van der Waals surface area contributed by atoms with Gasteiger partial charge in [0, 0.05) is 7.05 Å². The van der Waals surface area contributed by atoms with Crippen molar-refractivity contribution in [3.05, 3.63) is 0 Å². The maximum absolute atomic E-state index is 4.06. The van der Waals surface area contributed by atoms with Gasteiger partial charge < -0.3 is 0 Å². The zero-order chi connectivity index (χ0) is 8.91. The molecule has 0 heterocycles. The molecule has 0 aliphatic rings. The highest BCUT2D eigenvalue weighted by Gasteiger charge is 2.18. The Morgan fingerprint density at radius 1 is 1.55 bits per heavy atom. The van der Waals surface area contributed by atoms with Crippen molar-refractivity contribution in [3.8, 4) is 0 Å². The largest absolute Gasteiger partial charge is 0.293 e. The van der Waals surface area contributed by atoms with Crippen molar-refractivity contribution in [2.45, 2.75) is 32.7 Å². The normalized spacial score (nSPS) is 12.0. The fourth-order valence-electron chi connectivity index (χ4n) is 0.499. The highest BCUT2D eigenvalue weighted by atomic mass is 15.5. The second kappa shape index (κ2) is 4.11. The molecule has 11 heavy (non-hydrogen) atoms. The summed E-state index contributed by atoms with van der Waals surface area (Å²) >= 11 is 0. The van der Waals surface area contributed by atoms with Gasteiger partial charge in [-0.1, -0.05) is 6.92 Å². The van der Waals surface area contributed by atoms with Gasteiger partial charge in [0.05, 0.1) is 5.54 Å². The van der Waals surface area contributed by atoms with E-state index in [0.29, 0.717) is 0 Å². The Balaban J connectivity index is 4.10. The number of rotatable bonds is 4. The van der Waals surface area contributed by atoms with E-state index in [1.165, 1.54) is 6.34 Å². The van der Waals surface area contributed by atoms with E-state index in [1.54, 1.807) is 0 Å². The van der Waals surface area contributed by atoms with Gasteiger partial charge in [0.2, 0.25) is 0 Å². The molecule has 64 valence electrons. The molecule has 0 amide bonds. The monoisotopic (exact) mass is 155 g/mol. The van der Waals surface area contributed by atoms with Crippen LogP contribution in [0.3, 0.4) is 0 Å². The Labute approximate surface area is 68.8 Å². The topological polar surface area (TPSA) is 28.0 Å².